The van der Waals surface area contributed by atoms with Crippen LogP contribution in [0.1, 0.15) is 22.3 Å². The number of carbonyl (C=O) groups is 2. The van der Waals surface area contributed by atoms with Gasteiger partial charge >= 0.3 is 5.97 Å². The fourth-order valence-electron chi connectivity index (χ4n) is 5.37. The van der Waals surface area contributed by atoms with Gasteiger partial charge in [-0.2, -0.15) is 0 Å². The molecule has 0 bridgehead atoms. The maximum absolute atomic E-state index is 13.4. The number of H-pyrrole nitrogens is 1. The van der Waals surface area contributed by atoms with Gasteiger partial charge in [-0.25, -0.2) is 9.78 Å². The van der Waals surface area contributed by atoms with Gasteiger partial charge in [0.1, 0.15) is 16.7 Å². The van der Waals surface area contributed by atoms with Crippen molar-refractivity contribution in [1.29, 1.82) is 0 Å². The number of nitrogens with one attached hydrogen (secondary N) is 1. The summed E-state index contributed by atoms with van der Waals surface area (Å²) in [6, 6.07) is 16.4. The molecule has 2 aliphatic heterocycles. The smallest absolute Gasteiger partial charge is 0.335 e. The van der Waals surface area contributed by atoms with Crippen LogP contribution in [0.3, 0.4) is 0 Å². The standard InChI is InChI=1S/C34H34N4O7S2/c1-42-30-20-24(33(40)41)5-8-29(30)44-13-2-9-38-32(39)31(47-34(38)46)18-22-3-7-28(45-16-12-37-10-14-43-15-11-37)25(17-22)23-4-6-26-27(19-23)36-21-35-26/h3-8,17-21H,2,9-16H2,1H3,(H,35,36)(H,40,41)/b31-18-. The Labute approximate surface area is 281 Å². The van der Waals surface area contributed by atoms with Gasteiger partial charge < -0.3 is 29.0 Å². The number of benzene rings is 3. The number of hydrogen-bond acceptors (Lipinski definition) is 10. The summed E-state index contributed by atoms with van der Waals surface area (Å²) in [5.74, 6) is 0.313. The van der Waals surface area contributed by atoms with Crippen LogP contribution < -0.4 is 14.2 Å². The SMILES string of the molecule is COc1cc(C(=O)O)ccc1OCCCN1C(=O)/C(=C/c2ccc(OCCN3CCOCC3)c(-c3ccc4nc[nH]c4c3)c2)SC1=S. The summed E-state index contributed by atoms with van der Waals surface area (Å²) in [5.41, 5.74) is 4.65. The summed E-state index contributed by atoms with van der Waals surface area (Å²) in [7, 11) is 1.45. The minimum absolute atomic E-state index is 0.107. The predicted octanol–water partition coefficient (Wildman–Crippen LogP) is 5.32. The molecule has 1 amide bonds. The van der Waals surface area contributed by atoms with E-state index in [2.05, 4.69) is 14.9 Å². The minimum Gasteiger partial charge on any atom is -0.493 e. The van der Waals surface area contributed by atoms with Crippen molar-refractivity contribution in [2.75, 3.05) is 59.7 Å². The molecule has 0 spiro atoms. The zero-order valence-corrected chi connectivity index (χ0v) is 27.4. The van der Waals surface area contributed by atoms with Crippen LogP contribution in [0, 0.1) is 0 Å². The van der Waals surface area contributed by atoms with Crippen LogP contribution in [0.5, 0.6) is 17.2 Å². The Bertz CT molecular complexity index is 1820. The quantitative estimate of drug-likeness (QED) is 0.109. The van der Waals surface area contributed by atoms with Crippen LogP contribution in [0.2, 0.25) is 0 Å². The van der Waals surface area contributed by atoms with Crippen LogP contribution in [0.4, 0.5) is 0 Å². The number of ether oxygens (including phenoxy) is 4. The van der Waals surface area contributed by atoms with Crippen molar-refractivity contribution in [3.05, 3.63) is 77.0 Å². The molecular weight excluding hydrogens is 641 g/mol. The molecule has 0 atom stereocenters. The number of rotatable bonds is 13. The summed E-state index contributed by atoms with van der Waals surface area (Å²) in [5, 5.41) is 9.21. The van der Waals surface area contributed by atoms with Gasteiger partial charge in [0.25, 0.3) is 5.91 Å². The molecular formula is C34H34N4O7S2. The average Bonchev–Trinajstić information content (AvgIpc) is 3.66. The first-order chi connectivity index (χ1) is 22.9. The van der Waals surface area contributed by atoms with Crippen molar-refractivity contribution in [3.63, 3.8) is 0 Å². The molecule has 2 fully saturated rings. The maximum atomic E-state index is 13.4. The van der Waals surface area contributed by atoms with Crippen LogP contribution >= 0.6 is 24.0 Å². The second-order valence-corrected chi connectivity index (χ2v) is 12.6. The number of methoxy groups -OCH3 is 1. The number of carbonyl (C=O) groups excluding carboxylic acids is 1. The molecule has 4 aromatic rings. The number of nitrogens with zero attached hydrogens (tertiary/aromatic N) is 3. The molecule has 3 aromatic carbocycles. The molecule has 13 heteroatoms. The zero-order chi connectivity index (χ0) is 32.8. The third-order valence-corrected chi connectivity index (χ3v) is 9.25. The van der Waals surface area contributed by atoms with Crippen molar-refractivity contribution in [2.24, 2.45) is 0 Å². The first-order valence-electron chi connectivity index (χ1n) is 15.2. The van der Waals surface area contributed by atoms with Crippen LogP contribution in [0.15, 0.2) is 65.8 Å². The van der Waals surface area contributed by atoms with Gasteiger partial charge in [-0.1, -0.05) is 36.1 Å². The van der Waals surface area contributed by atoms with E-state index in [9.17, 15) is 14.7 Å². The van der Waals surface area contributed by atoms with E-state index in [1.54, 1.807) is 17.3 Å². The van der Waals surface area contributed by atoms with Gasteiger partial charge in [0, 0.05) is 31.7 Å². The molecule has 2 aliphatic rings. The molecule has 6 rings (SSSR count). The normalized spacial score (nSPS) is 16.3. The fraction of sp³-hybridized carbons (Fsp3) is 0.294. The Balaban J connectivity index is 1.13. The van der Waals surface area contributed by atoms with E-state index in [0.29, 0.717) is 40.3 Å². The summed E-state index contributed by atoms with van der Waals surface area (Å²) >= 11 is 6.84. The monoisotopic (exact) mass is 674 g/mol. The number of amides is 1. The van der Waals surface area contributed by atoms with Gasteiger partial charge in [-0.3, -0.25) is 14.6 Å². The fourth-order valence-corrected chi connectivity index (χ4v) is 6.68. The number of morpholine rings is 1. The number of carboxylic acid groups (broad SMARTS) is 1. The van der Waals surface area contributed by atoms with Gasteiger partial charge in [0.15, 0.2) is 11.5 Å². The summed E-state index contributed by atoms with van der Waals surface area (Å²) in [6.07, 6.45) is 4.05. The second kappa shape index (κ2) is 15.0. The van der Waals surface area contributed by atoms with Gasteiger partial charge in [0.05, 0.1) is 54.8 Å². The van der Waals surface area contributed by atoms with Crippen molar-refractivity contribution in [2.45, 2.75) is 6.42 Å². The Hall–Kier alpha value is -4.43. The Morgan fingerprint density at radius 2 is 1.85 bits per heavy atom. The van der Waals surface area contributed by atoms with Gasteiger partial charge in [-0.05, 0) is 66.1 Å². The Morgan fingerprint density at radius 1 is 1.04 bits per heavy atom. The van der Waals surface area contributed by atoms with Gasteiger partial charge in [-0.15, -0.1) is 0 Å². The van der Waals surface area contributed by atoms with E-state index in [1.807, 2.05) is 42.5 Å². The van der Waals surface area contributed by atoms with E-state index in [4.69, 9.17) is 31.2 Å². The molecule has 0 saturated carbocycles. The maximum Gasteiger partial charge on any atom is 0.335 e. The van der Waals surface area contributed by atoms with E-state index >= 15 is 0 Å². The Morgan fingerprint density at radius 3 is 2.66 bits per heavy atom. The first kappa shape index (κ1) is 32.5. The summed E-state index contributed by atoms with van der Waals surface area (Å²) in [4.78, 5) is 36.6. The predicted molar refractivity (Wildman–Crippen MR) is 184 cm³/mol. The number of thioether (sulfide) groups is 1. The molecule has 244 valence electrons. The summed E-state index contributed by atoms with van der Waals surface area (Å²) in [6.45, 7) is 5.29. The lowest BCUT2D eigenvalue weighted by Crippen LogP contribution is -2.38. The Kier molecular flexibility index (Phi) is 10.4. The zero-order valence-electron chi connectivity index (χ0n) is 25.8. The van der Waals surface area contributed by atoms with Crippen LogP contribution in [0.25, 0.3) is 28.2 Å². The minimum atomic E-state index is -1.05. The highest BCUT2D eigenvalue weighted by atomic mass is 32.2. The average molecular weight is 675 g/mol. The lowest BCUT2D eigenvalue weighted by Gasteiger charge is -2.26. The second-order valence-electron chi connectivity index (χ2n) is 10.9. The number of hydrogen-bond donors (Lipinski definition) is 2. The molecule has 0 unspecified atom stereocenters. The van der Waals surface area contributed by atoms with Crippen LogP contribution in [-0.2, 0) is 9.53 Å². The number of thiocarbonyl (C=S) groups is 1. The number of aromatic nitrogens is 2. The van der Waals surface area contributed by atoms with Crippen molar-refractivity contribution in [1.82, 2.24) is 19.8 Å². The molecule has 2 N–H and O–H groups in total. The van der Waals surface area contributed by atoms with Crippen molar-refractivity contribution < 1.29 is 33.6 Å². The van der Waals surface area contributed by atoms with E-state index in [1.165, 1.54) is 31.0 Å². The molecule has 47 heavy (non-hydrogen) atoms. The van der Waals surface area contributed by atoms with E-state index < -0.39 is 5.97 Å². The lowest BCUT2D eigenvalue weighted by atomic mass is 10.0. The van der Waals surface area contributed by atoms with Crippen molar-refractivity contribution in [3.8, 4) is 28.4 Å². The number of aromatic amines is 1. The number of imidazole rings is 1. The first-order valence-corrected chi connectivity index (χ1v) is 16.4. The topological polar surface area (TPSA) is 126 Å². The molecule has 3 heterocycles. The molecule has 0 aliphatic carbocycles. The van der Waals surface area contributed by atoms with Gasteiger partial charge in [0.2, 0.25) is 0 Å². The number of carboxylic acids is 1. The number of fused-ring (bicyclic) bond motifs is 1. The highest BCUT2D eigenvalue weighted by Gasteiger charge is 2.31. The number of aromatic carboxylic acids is 1. The molecule has 0 radical (unpaired) electrons. The largest absolute Gasteiger partial charge is 0.493 e. The van der Waals surface area contributed by atoms with Crippen LogP contribution in [-0.4, -0.2) is 101 Å². The molecule has 2 saturated heterocycles. The molecule has 11 nitrogen and oxygen atoms in total. The van der Waals surface area contributed by atoms with E-state index in [-0.39, 0.29) is 18.1 Å². The van der Waals surface area contributed by atoms with Crippen molar-refractivity contribution >= 4 is 57.3 Å². The molecule has 1 aromatic heterocycles. The summed E-state index contributed by atoms with van der Waals surface area (Å²) < 4.78 is 23.3. The van der Waals surface area contributed by atoms with E-state index in [0.717, 1.165) is 66.3 Å². The lowest BCUT2D eigenvalue weighted by molar-refractivity contribution is -0.122. The highest BCUT2D eigenvalue weighted by molar-refractivity contribution is 8.26. The third kappa shape index (κ3) is 7.76. The highest BCUT2D eigenvalue weighted by Crippen LogP contribution is 2.36. The third-order valence-electron chi connectivity index (χ3n) is 7.87.